The number of amides is 1. The molecule has 1 aromatic heterocycles. The average molecular weight is 396 g/mol. The Balaban J connectivity index is 1.27. The number of carbonyl (C=O) groups is 1. The maximum Gasteiger partial charge on any atom is 0.271 e. The molecule has 5 rings (SSSR count). The van der Waals surface area contributed by atoms with E-state index in [9.17, 15) is 4.79 Å². The number of benzene rings is 3. The monoisotopic (exact) mass is 395 g/mol. The van der Waals surface area contributed by atoms with Crippen molar-refractivity contribution in [1.29, 1.82) is 0 Å². The molecule has 2 heterocycles. The van der Waals surface area contributed by atoms with Crippen LogP contribution in [0.5, 0.6) is 0 Å². The summed E-state index contributed by atoms with van der Waals surface area (Å²) in [7, 11) is 0. The van der Waals surface area contributed by atoms with Crippen LogP contribution in [0.15, 0.2) is 78.9 Å². The molecular weight excluding hydrogens is 370 g/mol. The smallest absolute Gasteiger partial charge is 0.271 e. The van der Waals surface area contributed by atoms with E-state index in [0.29, 0.717) is 11.6 Å². The highest BCUT2D eigenvalue weighted by atomic mass is 16.2. The molecule has 3 aromatic carbocycles. The second-order valence-electron chi connectivity index (χ2n) is 8.12. The molecule has 0 saturated carbocycles. The lowest BCUT2D eigenvalue weighted by atomic mass is 9.90. The number of likely N-dealkylation sites (tertiary alicyclic amines) is 1. The number of fused-ring (bicyclic) bond motifs is 1. The molecule has 0 bridgehead atoms. The van der Waals surface area contributed by atoms with Crippen molar-refractivity contribution >= 4 is 16.7 Å². The number of nitrogens with one attached hydrogen (secondary N) is 1. The lowest BCUT2D eigenvalue weighted by Crippen LogP contribution is -2.39. The van der Waals surface area contributed by atoms with E-state index in [2.05, 4.69) is 64.8 Å². The summed E-state index contributed by atoms with van der Waals surface area (Å²) in [5.74, 6) is 0.691. The Kier molecular flexibility index (Phi) is 5.06. The molecule has 1 aliphatic rings. The minimum absolute atomic E-state index is 0.0483. The van der Waals surface area contributed by atoms with Crippen LogP contribution in [0.25, 0.3) is 22.0 Å². The fraction of sp³-hybridized carbons (Fsp3) is 0.231. The first-order chi connectivity index (χ1) is 14.8. The quantitative estimate of drug-likeness (QED) is 0.508. The van der Waals surface area contributed by atoms with E-state index in [4.69, 9.17) is 0 Å². The van der Waals surface area contributed by atoms with Crippen molar-refractivity contribution in [2.75, 3.05) is 13.1 Å². The first-order valence-electron chi connectivity index (χ1n) is 10.6. The fourth-order valence-electron chi connectivity index (χ4n) is 4.48. The van der Waals surface area contributed by atoms with E-state index in [-0.39, 0.29) is 5.91 Å². The maximum absolute atomic E-state index is 13.0. The van der Waals surface area contributed by atoms with Crippen LogP contribution in [0.2, 0.25) is 0 Å². The first-order valence-corrected chi connectivity index (χ1v) is 10.6. The average Bonchev–Trinajstić information content (AvgIpc) is 3.29. The Hall–Kier alpha value is -3.40. The molecule has 1 fully saturated rings. The molecule has 0 radical (unpaired) electrons. The highest BCUT2D eigenvalue weighted by Crippen LogP contribution is 2.28. The van der Waals surface area contributed by atoms with Gasteiger partial charge in [0, 0.05) is 18.7 Å². The van der Waals surface area contributed by atoms with Crippen LogP contribution >= 0.6 is 0 Å². The maximum atomic E-state index is 13.0. The lowest BCUT2D eigenvalue weighted by Gasteiger charge is -2.31. The zero-order valence-corrected chi connectivity index (χ0v) is 16.9. The number of aromatic nitrogens is 2. The minimum atomic E-state index is 0.0483. The number of rotatable bonds is 4. The van der Waals surface area contributed by atoms with Crippen molar-refractivity contribution in [2.45, 2.75) is 19.3 Å². The molecule has 4 aromatic rings. The van der Waals surface area contributed by atoms with Gasteiger partial charge in [-0.15, -0.1) is 0 Å². The van der Waals surface area contributed by atoms with Gasteiger partial charge in [0.1, 0.15) is 5.69 Å². The SMILES string of the molecule is O=C(c1cc(-c2cccc3ccccc23)n[nH]1)N1CCC(Cc2ccccc2)CC1. The fourth-order valence-corrected chi connectivity index (χ4v) is 4.48. The third-order valence-corrected chi connectivity index (χ3v) is 6.14. The highest BCUT2D eigenvalue weighted by Gasteiger charge is 2.25. The number of aromatic amines is 1. The van der Waals surface area contributed by atoms with Crippen molar-refractivity contribution in [2.24, 2.45) is 5.92 Å². The second-order valence-corrected chi connectivity index (χ2v) is 8.12. The van der Waals surface area contributed by atoms with Crippen LogP contribution in [0.3, 0.4) is 0 Å². The molecule has 0 unspecified atom stereocenters. The van der Waals surface area contributed by atoms with Gasteiger partial charge < -0.3 is 4.90 Å². The molecular formula is C26H25N3O. The van der Waals surface area contributed by atoms with Crippen LogP contribution in [0.1, 0.15) is 28.9 Å². The summed E-state index contributed by atoms with van der Waals surface area (Å²) < 4.78 is 0. The third kappa shape index (κ3) is 3.73. The van der Waals surface area contributed by atoms with E-state index in [1.807, 2.05) is 29.2 Å². The first kappa shape index (κ1) is 18.6. The Morgan fingerprint density at radius 3 is 2.50 bits per heavy atom. The van der Waals surface area contributed by atoms with Gasteiger partial charge in [0.05, 0.1) is 5.69 Å². The molecule has 1 aliphatic heterocycles. The predicted octanol–water partition coefficient (Wildman–Crippen LogP) is 5.32. The second kappa shape index (κ2) is 8.15. The Morgan fingerprint density at radius 2 is 1.67 bits per heavy atom. The van der Waals surface area contributed by atoms with Gasteiger partial charge in [-0.3, -0.25) is 9.89 Å². The zero-order valence-electron chi connectivity index (χ0n) is 16.9. The standard InChI is InChI=1S/C26H25N3O/c30-26(29-15-13-20(14-16-29)17-19-7-2-1-3-8-19)25-18-24(27-28-25)23-12-6-10-21-9-4-5-11-22(21)23/h1-12,18,20H,13-17H2,(H,27,28). The molecule has 4 heteroatoms. The van der Waals surface area contributed by atoms with Gasteiger partial charge in [-0.2, -0.15) is 5.10 Å². The molecule has 1 N–H and O–H groups in total. The summed E-state index contributed by atoms with van der Waals surface area (Å²) in [6.07, 6.45) is 3.19. The van der Waals surface area contributed by atoms with Crippen LogP contribution < -0.4 is 0 Å². The molecule has 0 aliphatic carbocycles. The van der Waals surface area contributed by atoms with Gasteiger partial charge in [0.2, 0.25) is 0 Å². The molecule has 0 atom stereocenters. The Bertz CT molecular complexity index is 1150. The topological polar surface area (TPSA) is 49.0 Å². The van der Waals surface area contributed by atoms with Crippen LogP contribution in [0, 0.1) is 5.92 Å². The van der Waals surface area contributed by atoms with Gasteiger partial charge in [0.15, 0.2) is 0 Å². The summed E-state index contributed by atoms with van der Waals surface area (Å²) in [6, 6.07) is 27.0. The number of piperidine rings is 1. The van der Waals surface area contributed by atoms with E-state index in [1.165, 1.54) is 10.9 Å². The van der Waals surface area contributed by atoms with Crippen LogP contribution in [-0.4, -0.2) is 34.1 Å². The number of carbonyl (C=O) groups excluding carboxylic acids is 1. The van der Waals surface area contributed by atoms with Crippen molar-refractivity contribution < 1.29 is 4.79 Å². The molecule has 30 heavy (non-hydrogen) atoms. The van der Waals surface area contributed by atoms with Gasteiger partial charge in [-0.25, -0.2) is 0 Å². The summed E-state index contributed by atoms with van der Waals surface area (Å²) >= 11 is 0. The Morgan fingerprint density at radius 1 is 0.933 bits per heavy atom. The molecule has 150 valence electrons. The minimum Gasteiger partial charge on any atom is -0.337 e. The van der Waals surface area contributed by atoms with Gasteiger partial charge in [-0.1, -0.05) is 72.8 Å². The summed E-state index contributed by atoms with van der Waals surface area (Å²) in [6.45, 7) is 1.61. The summed E-state index contributed by atoms with van der Waals surface area (Å²) in [5, 5.41) is 9.74. The van der Waals surface area contributed by atoms with E-state index >= 15 is 0 Å². The summed E-state index contributed by atoms with van der Waals surface area (Å²) in [5.41, 5.74) is 3.81. The van der Waals surface area contributed by atoms with E-state index < -0.39 is 0 Å². The van der Waals surface area contributed by atoms with Crippen molar-refractivity contribution in [3.8, 4) is 11.3 Å². The van der Waals surface area contributed by atoms with Crippen LogP contribution in [0.4, 0.5) is 0 Å². The predicted molar refractivity (Wildman–Crippen MR) is 120 cm³/mol. The van der Waals surface area contributed by atoms with Gasteiger partial charge in [0.25, 0.3) is 5.91 Å². The van der Waals surface area contributed by atoms with Crippen molar-refractivity contribution in [3.63, 3.8) is 0 Å². The molecule has 1 amide bonds. The number of hydrogen-bond donors (Lipinski definition) is 1. The van der Waals surface area contributed by atoms with E-state index in [0.717, 1.165) is 49.0 Å². The summed E-state index contributed by atoms with van der Waals surface area (Å²) in [4.78, 5) is 15.0. The normalized spacial score (nSPS) is 14.9. The third-order valence-electron chi connectivity index (χ3n) is 6.14. The zero-order chi connectivity index (χ0) is 20.3. The molecule has 0 spiro atoms. The number of nitrogens with zero attached hydrogens (tertiary/aromatic N) is 2. The molecule has 1 saturated heterocycles. The number of H-pyrrole nitrogens is 1. The molecule has 4 nitrogen and oxygen atoms in total. The lowest BCUT2D eigenvalue weighted by molar-refractivity contribution is 0.0684. The van der Waals surface area contributed by atoms with Gasteiger partial charge >= 0.3 is 0 Å². The van der Waals surface area contributed by atoms with Gasteiger partial charge in [-0.05, 0) is 47.6 Å². The largest absolute Gasteiger partial charge is 0.337 e. The van der Waals surface area contributed by atoms with Crippen molar-refractivity contribution in [3.05, 3.63) is 90.1 Å². The van der Waals surface area contributed by atoms with E-state index in [1.54, 1.807) is 0 Å². The Labute approximate surface area is 176 Å². The number of hydrogen-bond acceptors (Lipinski definition) is 2. The van der Waals surface area contributed by atoms with Crippen LogP contribution in [-0.2, 0) is 6.42 Å². The van der Waals surface area contributed by atoms with Crippen molar-refractivity contribution in [1.82, 2.24) is 15.1 Å². The highest BCUT2D eigenvalue weighted by molar-refractivity contribution is 5.98.